The molecule has 0 fully saturated rings. The van der Waals surface area contributed by atoms with Gasteiger partial charge in [-0.3, -0.25) is 4.79 Å². The van der Waals surface area contributed by atoms with E-state index in [1.165, 1.54) is 4.88 Å². The predicted molar refractivity (Wildman–Crippen MR) is 78.0 cm³/mol. The molecule has 2 aromatic heterocycles. The zero-order valence-corrected chi connectivity index (χ0v) is 13.0. The van der Waals surface area contributed by atoms with Gasteiger partial charge in [0.1, 0.15) is 5.69 Å². The van der Waals surface area contributed by atoms with Crippen molar-refractivity contribution >= 4 is 33.2 Å². The van der Waals surface area contributed by atoms with Gasteiger partial charge in [0.2, 0.25) is 0 Å². The van der Waals surface area contributed by atoms with Crippen molar-refractivity contribution in [2.75, 3.05) is 7.05 Å². The van der Waals surface area contributed by atoms with E-state index in [4.69, 9.17) is 0 Å². The van der Waals surface area contributed by atoms with Gasteiger partial charge in [0.05, 0.1) is 6.54 Å². The van der Waals surface area contributed by atoms with Gasteiger partial charge in [-0.2, -0.15) is 0 Å². The van der Waals surface area contributed by atoms with Gasteiger partial charge in [0.25, 0.3) is 5.91 Å². The van der Waals surface area contributed by atoms with Crippen LogP contribution >= 0.6 is 27.3 Å². The minimum Gasteiger partial charge on any atom is -0.344 e. The molecule has 0 saturated carbocycles. The molecule has 0 bridgehead atoms. The van der Waals surface area contributed by atoms with Crippen molar-refractivity contribution in [3.8, 4) is 0 Å². The van der Waals surface area contributed by atoms with E-state index in [9.17, 15) is 4.79 Å². The average molecular weight is 327 g/mol. The summed E-state index contributed by atoms with van der Waals surface area (Å²) >= 11 is 5.07. The molecule has 0 spiro atoms. The number of halogens is 1. The van der Waals surface area contributed by atoms with Crippen LogP contribution in [-0.2, 0) is 13.6 Å². The van der Waals surface area contributed by atoms with Crippen LogP contribution in [0.4, 0.5) is 0 Å². The van der Waals surface area contributed by atoms with Crippen molar-refractivity contribution < 1.29 is 4.79 Å². The van der Waals surface area contributed by atoms with E-state index in [-0.39, 0.29) is 5.91 Å². The molecule has 1 amide bonds. The number of hydrogen-bond donors (Lipinski definition) is 0. The first kappa shape index (κ1) is 13.4. The molecule has 0 unspecified atom stereocenters. The highest BCUT2D eigenvalue weighted by molar-refractivity contribution is 9.10. The van der Waals surface area contributed by atoms with Crippen LogP contribution in [0.15, 0.2) is 28.1 Å². The number of carbonyl (C=O) groups is 1. The number of rotatable bonds is 3. The fourth-order valence-corrected chi connectivity index (χ4v) is 3.27. The molecule has 18 heavy (non-hydrogen) atoms. The SMILES string of the molecule is Cc1ccc(C(=O)N(C)Cc2cc(Br)cs2)n1C. The first-order valence-corrected chi connectivity index (χ1v) is 7.27. The monoisotopic (exact) mass is 326 g/mol. The second-order valence-corrected chi connectivity index (χ2v) is 6.22. The van der Waals surface area contributed by atoms with E-state index in [1.54, 1.807) is 16.2 Å². The lowest BCUT2D eigenvalue weighted by molar-refractivity contribution is 0.0777. The quantitative estimate of drug-likeness (QED) is 0.848. The smallest absolute Gasteiger partial charge is 0.270 e. The summed E-state index contributed by atoms with van der Waals surface area (Å²) in [5.74, 6) is 0.0510. The highest BCUT2D eigenvalue weighted by Crippen LogP contribution is 2.21. The minimum atomic E-state index is 0.0510. The Bertz CT molecular complexity index is 573. The molecule has 3 nitrogen and oxygen atoms in total. The Hall–Kier alpha value is -1.07. The second kappa shape index (κ2) is 5.28. The minimum absolute atomic E-state index is 0.0510. The van der Waals surface area contributed by atoms with Crippen molar-refractivity contribution in [1.29, 1.82) is 0 Å². The molecular formula is C13H15BrN2OS. The molecule has 5 heteroatoms. The molecule has 0 aliphatic rings. The molecule has 2 rings (SSSR count). The lowest BCUT2D eigenvalue weighted by atomic mass is 10.3. The zero-order chi connectivity index (χ0) is 13.3. The first-order chi connectivity index (χ1) is 8.49. The summed E-state index contributed by atoms with van der Waals surface area (Å²) in [6.45, 7) is 2.63. The highest BCUT2D eigenvalue weighted by atomic mass is 79.9. The average Bonchev–Trinajstić information content (AvgIpc) is 2.87. The maximum Gasteiger partial charge on any atom is 0.270 e. The Kier molecular flexibility index (Phi) is 3.92. The number of hydrogen-bond acceptors (Lipinski definition) is 2. The van der Waals surface area contributed by atoms with Crippen LogP contribution in [0.2, 0.25) is 0 Å². The third-order valence-corrected chi connectivity index (χ3v) is 4.64. The fraction of sp³-hybridized carbons (Fsp3) is 0.308. The van der Waals surface area contributed by atoms with Gasteiger partial charge < -0.3 is 9.47 Å². The molecule has 0 atom stereocenters. The van der Waals surface area contributed by atoms with Gasteiger partial charge in [-0.25, -0.2) is 0 Å². The number of nitrogens with zero attached hydrogens (tertiary/aromatic N) is 2. The van der Waals surface area contributed by atoms with E-state index in [0.717, 1.165) is 15.9 Å². The molecule has 0 aliphatic carbocycles. The lowest BCUT2D eigenvalue weighted by Gasteiger charge is -2.16. The summed E-state index contributed by atoms with van der Waals surface area (Å²) in [7, 11) is 3.75. The van der Waals surface area contributed by atoms with Crippen molar-refractivity contribution in [2.45, 2.75) is 13.5 Å². The van der Waals surface area contributed by atoms with Gasteiger partial charge in [-0.05, 0) is 41.1 Å². The molecule has 0 N–H and O–H groups in total. The number of aryl methyl sites for hydroxylation is 1. The molecule has 96 valence electrons. The van der Waals surface area contributed by atoms with Crippen LogP contribution in [0.5, 0.6) is 0 Å². The van der Waals surface area contributed by atoms with Gasteiger partial charge in [0.15, 0.2) is 0 Å². The summed E-state index contributed by atoms with van der Waals surface area (Å²) in [6.07, 6.45) is 0. The molecular weight excluding hydrogens is 312 g/mol. The van der Waals surface area contributed by atoms with Gasteiger partial charge >= 0.3 is 0 Å². The largest absolute Gasteiger partial charge is 0.344 e. The Labute approximate surface area is 119 Å². The number of aromatic nitrogens is 1. The topological polar surface area (TPSA) is 25.2 Å². The maximum absolute atomic E-state index is 12.3. The summed E-state index contributed by atoms with van der Waals surface area (Å²) < 4.78 is 2.99. The Morgan fingerprint density at radius 2 is 2.22 bits per heavy atom. The van der Waals surface area contributed by atoms with E-state index in [2.05, 4.69) is 15.9 Å². The van der Waals surface area contributed by atoms with Crippen molar-refractivity contribution in [3.05, 3.63) is 44.3 Å². The van der Waals surface area contributed by atoms with Crippen LogP contribution in [0.3, 0.4) is 0 Å². The second-order valence-electron chi connectivity index (χ2n) is 4.31. The number of carbonyl (C=O) groups excluding carboxylic acids is 1. The fourth-order valence-electron chi connectivity index (χ4n) is 1.77. The van der Waals surface area contributed by atoms with E-state index in [1.807, 2.05) is 49.2 Å². The lowest BCUT2D eigenvalue weighted by Crippen LogP contribution is -2.27. The number of amides is 1. The van der Waals surface area contributed by atoms with Crippen LogP contribution in [0.25, 0.3) is 0 Å². The summed E-state index contributed by atoms with van der Waals surface area (Å²) in [5.41, 5.74) is 1.82. The molecule has 0 aromatic carbocycles. The molecule has 0 aliphatic heterocycles. The summed E-state index contributed by atoms with van der Waals surface area (Å²) in [6, 6.07) is 5.88. The standard InChI is InChI=1S/C13H15BrN2OS/c1-9-4-5-12(16(9)3)13(17)15(2)7-11-6-10(14)8-18-11/h4-6,8H,7H2,1-3H3. The third kappa shape index (κ3) is 2.67. The van der Waals surface area contributed by atoms with Crippen molar-refractivity contribution in [2.24, 2.45) is 7.05 Å². The molecule has 0 saturated heterocycles. The van der Waals surface area contributed by atoms with E-state index in [0.29, 0.717) is 6.54 Å². The van der Waals surface area contributed by atoms with Crippen LogP contribution in [0.1, 0.15) is 21.1 Å². The molecule has 2 aromatic rings. The third-order valence-electron chi connectivity index (χ3n) is 2.95. The Balaban J connectivity index is 2.12. The number of thiophene rings is 1. The van der Waals surface area contributed by atoms with Crippen molar-refractivity contribution in [1.82, 2.24) is 9.47 Å². The van der Waals surface area contributed by atoms with Crippen LogP contribution in [0, 0.1) is 6.92 Å². The molecule has 2 heterocycles. The van der Waals surface area contributed by atoms with Gasteiger partial charge in [-0.15, -0.1) is 11.3 Å². The summed E-state index contributed by atoms with van der Waals surface area (Å²) in [5, 5.41) is 2.03. The highest BCUT2D eigenvalue weighted by Gasteiger charge is 2.16. The van der Waals surface area contributed by atoms with Crippen LogP contribution in [-0.4, -0.2) is 22.4 Å². The summed E-state index contributed by atoms with van der Waals surface area (Å²) in [4.78, 5) is 15.2. The predicted octanol–water partition coefficient (Wildman–Crippen LogP) is 3.43. The van der Waals surface area contributed by atoms with Crippen molar-refractivity contribution in [3.63, 3.8) is 0 Å². The first-order valence-electron chi connectivity index (χ1n) is 5.59. The van der Waals surface area contributed by atoms with Crippen LogP contribution < -0.4 is 0 Å². The van der Waals surface area contributed by atoms with Gasteiger partial charge in [-0.1, -0.05) is 0 Å². The Morgan fingerprint density at radius 1 is 1.50 bits per heavy atom. The van der Waals surface area contributed by atoms with E-state index < -0.39 is 0 Å². The zero-order valence-electron chi connectivity index (χ0n) is 10.6. The molecule has 0 radical (unpaired) electrons. The normalized spacial score (nSPS) is 10.7. The van der Waals surface area contributed by atoms with E-state index >= 15 is 0 Å². The Morgan fingerprint density at radius 3 is 2.72 bits per heavy atom. The van der Waals surface area contributed by atoms with Gasteiger partial charge in [0, 0.05) is 34.5 Å². The maximum atomic E-state index is 12.3.